The number of allylic oxidation sites excluding steroid dienone is 1. The molecule has 0 aromatic rings. The predicted molar refractivity (Wildman–Crippen MR) is 185 cm³/mol. The van der Waals surface area contributed by atoms with Gasteiger partial charge in [0.1, 0.15) is 6.54 Å². The van der Waals surface area contributed by atoms with Gasteiger partial charge in [-0.15, -0.1) is 6.58 Å². The first-order chi connectivity index (χ1) is 18.5. The quantitative estimate of drug-likeness (QED) is 0.0938. The van der Waals surface area contributed by atoms with E-state index < -0.39 is 12.7 Å². The highest BCUT2D eigenvalue weighted by Gasteiger charge is 2.26. The number of alkyl halides is 3. The maximum absolute atomic E-state index is 11.2. The Balaban J connectivity index is -0.0000000677. The van der Waals surface area contributed by atoms with E-state index in [1.807, 2.05) is 19.9 Å². The topological polar surface area (TPSA) is 297 Å². The number of nitrogens with two attached hydrogens (primary N) is 8. The van der Waals surface area contributed by atoms with Crippen molar-refractivity contribution in [2.45, 2.75) is 33.4 Å². The Morgan fingerprint density at radius 2 is 1.15 bits per heavy atom. The van der Waals surface area contributed by atoms with Crippen LogP contribution in [0.25, 0.3) is 0 Å². The molecule has 14 nitrogen and oxygen atoms in total. The Labute approximate surface area is 270 Å². The standard InChI is InChI=1S/C4H7N3S.C3H5F3N2S.C3H6N2OS.C3H8N2S.C3H6.2CH4N2S/c5-2-1-3-7-4(6)8;4-3(5,6)1-8-2(7)9;1-2(6)5-3(4)7;1-2-5-3(4)6;1-3-2;2*2-1(3)4/h1,3H2,(H3,6,7,8);1H2,(H3,7,8,9);1H3,(H3,4,5,6,7);2H2,1H3,(H3,4,5,6);3H,1H2,2H3;2*(H4,2,3,4). The van der Waals surface area contributed by atoms with Gasteiger partial charge < -0.3 is 67.1 Å². The highest BCUT2D eigenvalue weighted by atomic mass is 32.1. The minimum Gasteiger partial charge on any atom is -0.377 e. The molecule has 0 saturated heterocycles. The number of hydrogen-bond donors (Lipinski definition) is 12. The average molecular weight is 704 g/mol. The van der Waals surface area contributed by atoms with Crippen molar-refractivity contribution in [1.82, 2.24) is 21.3 Å². The van der Waals surface area contributed by atoms with Crippen LogP contribution in [0.15, 0.2) is 12.7 Å². The number of nitriles is 1. The molecule has 1 amide bonds. The minimum absolute atomic E-state index is 0.000000000000000222. The maximum Gasteiger partial charge on any atom is 0.405 e. The molecular weight excluding hydrogens is 664 g/mol. The zero-order valence-electron chi connectivity index (χ0n) is 22.7. The summed E-state index contributed by atoms with van der Waals surface area (Å²) in [7, 11) is 0. The van der Waals surface area contributed by atoms with Crippen LogP contribution in [0.1, 0.15) is 27.2 Å². The van der Waals surface area contributed by atoms with Gasteiger partial charge in [0.2, 0.25) is 5.91 Å². The molecule has 0 aromatic carbocycles. The summed E-state index contributed by atoms with van der Waals surface area (Å²) >= 11 is 25.6. The smallest absolute Gasteiger partial charge is 0.377 e. The van der Waals surface area contributed by atoms with Crippen LogP contribution in [-0.2, 0) is 4.79 Å². The van der Waals surface area contributed by atoms with E-state index in [4.69, 9.17) is 28.2 Å². The number of nitrogens with one attached hydrogen (secondary N) is 4. The Morgan fingerprint density at radius 3 is 1.24 bits per heavy atom. The molecule has 20 N–H and O–H groups in total. The third-order valence-electron chi connectivity index (χ3n) is 1.65. The number of rotatable bonds is 4. The van der Waals surface area contributed by atoms with Gasteiger partial charge in [-0.25, -0.2) is 0 Å². The van der Waals surface area contributed by atoms with Crippen molar-refractivity contribution in [3.8, 4) is 6.07 Å². The summed E-state index contributed by atoms with van der Waals surface area (Å²) in [6.07, 6.45) is -2.05. The van der Waals surface area contributed by atoms with Crippen LogP contribution in [0.3, 0.4) is 0 Å². The van der Waals surface area contributed by atoms with Gasteiger partial charge in [-0.2, -0.15) is 18.4 Å². The number of halogens is 3. The second kappa shape index (κ2) is 41.3. The van der Waals surface area contributed by atoms with Crippen LogP contribution in [0.2, 0.25) is 0 Å². The van der Waals surface area contributed by atoms with E-state index in [0.717, 1.165) is 6.54 Å². The summed E-state index contributed by atoms with van der Waals surface area (Å²) < 4.78 is 33.7. The lowest BCUT2D eigenvalue weighted by atomic mass is 10.5. The molecule has 0 unspecified atom stereocenters. The number of hydrogen-bond acceptors (Lipinski definition) is 8. The Bertz CT molecular complexity index is 778. The molecule has 0 bridgehead atoms. The van der Waals surface area contributed by atoms with Crippen LogP contribution in [0, 0.1) is 11.3 Å². The predicted octanol–water partition coefficient (Wildman–Crippen LogP) is -1.11. The van der Waals surface area contributed by atoms with Gasteiger partial charge in [0.25, 0.3) is 0 Å². The summed E-state index contributed by atoms with van der Waals surface area (Å²) in [5.74, 6) is -0.229. The largest absolute Gasteiger partial charge is 0.405 e. The molecule has 0 atom stereocenters. The fourth-order valence-electron chi connectivity index (χ4n) is 0.777. The summed E-state index contributed by atoms with van der Waals surface area (Å²) in [6, 6.07) is 1.95. The van der Waals surface area contributed by atoms with Crippen molar-refractivity contribution in [2.24, 2.45) is 45.9 Å². The number of nitrogens with zero attached hydrogens (tertiary/aromatic N) is 1. The summed E-state index contributed by atoms with van der Waals surface area (Å²) in [6.45, 7) is 8.74. The zero-order valence-corrected chi connectivity index (χ0v) is 27.6. The van der Waals surface area contributed by atoms with Crippen molar-refractivity contribution in [3.05, 3.63) is 12.7 Å². The minimum atomic E-state index is -4.25. The maximum atomic E-state index is 11.2. The highest BCUT2D eigenvalue weighted by Crippen LogP contribution is 2.11. The SMILES string of the molecule is C=CC.CC(=O)NC(N)=S.CCNC(N)=S.N#CCCNC(N)=S.NC(=S)NCC(F)(F)F.NC(N)=S.NC(N)=S. The van der Waals surface area contributed by atoms with Gasteiger partial charge in [-0.3, -0.25) is 4.79 Å². The first-order valence-corrected chi connectivity index (χ1v) is 12.7. The van der Waals surface area contributed by atoms with Gasteiger partial charge in [0.15, 0.2) is 30.7 Å². The first kappa shape index (κ1) is 54.0. The molecule has 0 radical (unpaired) electrons. The number of carbonyl (C=O) groups excluding carboxylic acids is 1. The molecular formula is C18H40F3N13OS6. The van der Waals surface area contributed by atoms with Crippen molar-refractivity contribution >= 4 is 110 Å². The molecule has 0 aliphatic carbocycles. The normalized spacial score (nSPS) is 7.73. The molecule has 23 heteroatoms. The molecule has 0 aliphatic heterocycles. The first-order valence-electron chi connectivity index (χ1n) is 10.2. The van der Waals surface area contributed by atoms with E-state index in [0.29, 0.717) is 18.1 Å². The summed E-state index contributed by atoms with van der Waals surface area (Å²) in [5, 5.41) is 17.6. The van der Waals surface area contributed by atoms with Crippen molar-refractivity contribution in [2.75, 3.05) is 19.6 Å². The Morgan fingerprint density at radius 1 is 0.829 bits per heavy atom. The van der Waals surface area contributed by atoms with Gasteiger partial charge >= 0.3 is 6.18 Å². The van der Waals surface area contributed by atoms with E-state index in [1.54, 1.807) is 11.4 Å². The number of amides is 1. The van der Waals surface area contributed by atoms with E-state index >= 15 is 0 Å². The van der Waals surface area contributed by atoms with Crippen LogP contribution in [0.4, 0.5) is 13.2 Å². The van der Waals surface area contributed by atoms with Crippen molar-refractivity contribution < 1.29 is 18.0 Å². The second-order valence-corrected chi connectivity index (χ2v) is 8.39. The monoisotopic (exact) mass is 703 g/mol. The van der Waals surface area contributed by atoms with E-state index in [1.165, 1.54) is 6.92 Å². The van der Waals surface area contributed by atoms with E-state index in [2.05, 4.69) is 119 Å². The number of carbonyl (C=O) groups is 1. The molecule has 0 saturated carbocycles. The van der Waals surface area contributed by atoms with E-state index in [9.17, 15) is 18.0 Å². The fraction of sp³-hybridized carbons (Fsp3) is 0.444. The zero-order chi connectivity index (χ0) is 34.6. The molecule has 0 aromatic heterocycles. The number of thiocarbonyl (C=S) groups is 6. The molecule has 0 rings (SSSR count). The van der Waals surface area contributed by atoms with Crippen LogP contribution >= 0.6 is 73.3 Å². The molecule has 240 valence electrons. The lowest BCUT2D eigenvalue weighted by molar-refractivity contribution is -0.122. The van der Waals surface area contributed by atoms with Gasteiger partial charge in [0, 0.05) is 20.0 Å². The molecule has 0 fully saturated rings. The third kappa shape index (κ3) is 203. The van der Waals surface area contributed by atoms with Gasteiger partial charge in [-0.05, 0) is 87.2 Å². The second-order valence-electron chi connectivity index (χ2n) is 5.69. The fourth-order valence-corrected chi connectivity index (χ4v) is 1.24. The lowest BCUT2D eigenvalue weighted by Crippen LogP contribution is -2.36. The summed E-state index contributed by atoms with van der Waals surface area (Å²) in [4.78, 5) is 9.98. The lowest BCUT2D eigenvalue weighted by Gasteiger charge is -2.06. The molecule has 0 heterocycles. The average Bonchev–Trinajstić information content (AvgIpc) is 2.72. The van der Waals surface area contributed by atoms with E-state index in [-0.39, 0.29) is 31.5 Å². The highest BCUT2D eigenvalue weighted by molar-refractivity contribution is 7.81. The van der Waals surface area contributed by atoms with Gasteiger partial charge in [-0.1, -0.05) is 6.08 Å². The van der Waals surface area contributed by atoms with Crippen LogP contribution in [-0.4, -0.2) is 62.4 Å². The Hall–Kier alpha value is -3.17. The van der Waals surface area contributed by atoms with Crippen LogP contribution in [0.5, 0.6) is 0 Å². The Kier molecular flexibility index (Phi) is 54.4. The molecule has 0 aliphatic rings. The molecule has 41 heavy (non-hydrogen) atoms. The van der Waals surface area contributed by atoms with Crippen molar-refractivity contribution in [3.63, 3.8) is 0 Å². The van der Waals surface area contributed by atoms with Gasteiger partial charge in [0.05, 0.1) is 12.5 Å². The summed E-state index contributed by atoms with van der Waals surface area (Å²) in [5.41, 5.74) is 38.2. The van der Waals surface area contributed by atoms with Crippen LogP contribution < -0.4 is 67.1 Å². The van der Waals surface area contributed by atoms with Crippen molar-refractivity contribution in [1.29, 1.82) is 5.26 Å². The molecule has 0 spiro atoms. The third-order valence-corrected chi connectivity index (χ3v) is 2.18.